The number of unbranched alkanes of at least 4 members (excludes halogenated alkanes) is 18. The predicted molar refractivity (Wildman–Crippen MR) is 231 cm³/mol. The number of quaternary nitrogens is 1. The quantitative estimate of drug-likeness (QED) is 0.0198. The number of phosphoric acid groups is 1. The summed E-state index contributed by atoms with van der Waals surface area (Å²) in [4.78, 5) is 37.3. The van der Waals surface area contributed by atoms with Gasteiger partial charge in [0.05, 0.1) is 27.7 Å². The average molecular weight is 810 g/mol. The monoisotopic (exact) mass is 810 g/mol. The maximum absolute atomic E-state index is 12.6. The lowest BCUT2D eigenvalue weighted by atomic mass is 10.0. The van der Waals surface area contributed by atoms with Gasteiger partial charge in [0.15, 0.2) is 6.10 Å². The molecule has 0 aromatic carbocycles. The molecule has 2 atom stereocenters. The zero-order valence-corrected chi connectivity index (χ0v) is 37.5. The van der Waals surface area contributed by atoms with Crippen LogP contribution in [0.2, 0.25) is 0 Å². The molecular formula is C46H84NO8P. The van der Waals surface area contributed by atoms with E-state index in [0.29, 0.717) is 17.4 Å². The predicted octanol–water partition coefficient (Wildman–Crippen LogP) is 12.1. The highest BCUT2D eigenvalue weighted by Gasteiger charge is 2.21. The molecule has 9 nitrogen and oxygen atoms in total. The van der Waals surface area contributed by atoms with Crippen molar-refractivity contribution in [2.45, 2.75) is 187 Å². The Labute approximate surface area is 343 Å². The summed E-state index contributed by atoms with van der Waals surface area (Å²) in [7, 11) is 1.16. The van der Waals surface area contributed by atoms with Crippen LogP contribution in [0.25, 0.3) is 0 Å². The van der Waals surface area contributed by atoms with E-state index in [0.717, 1.165) is 64.2 Å². The summed E-state index contributed by atoms with van der Waals surface area (Å²) in [6.07, 6.45) is 44.5. The minimum Gasteiger partial charge on any atom is -0.756 e. The van der Waals surface area contributed by atoms with Gasteiger partial charge in [-0.25, -0.2) is 0 Å². The molecule has 0 rings (SSSR count). The lowest BCUT2D eigenvalue weighted by Gasteiger charge is -2.28. The van der Waals surface area contributed by atoms with E-state index in [2.05, 4.69) is 62.5 Å². The zero-order valence-electron chi connectivity index (χ0n) is 36.6. The molecule has 2 unspecified atom stereocenters. The molecule has 0 saturated carbocycles. The number of likely N-dealkylation sites (N-methyl/N-ethyl adjacent to an activating group) is 1. The molecule has 0 aliphatic carbocycles. The summed E-state index contributed by atoms with van der Waals surface area (Å²) in [5.41, 5.74) is 0. The van der Waals surface area contributed by atoms with Crippen LogP contribution in [-0.2, 0) is 32.7 Å². The van der Waals surface area contributed by atoms with E-state index >= 15 is 0 Å². The van der Waals surface area contributed by atoms with E-state index in [1.54, 1.807) is 0 Å². The molecule has 0 radical (unpaired) electrons. The summed E-state index contributed by atoms with van der Waals surface area (Å²) in [6.45, 7) is 4.06. The molecule has 0 aliphatic rings. The second-order valence-electron chi connectivity index (χ2n) is 16.0. The first-order valence-electron chi connectivity index (χ1n) is 22.3. The van der Waals surface area contributed by atoms with Crippen molar-refractivity contribution in [1.29, 1.82) is 0 Å². The van der Waals surface area contributed by atoms with Crippen LogP contribution >= 0.6 is 7.82 Å². The summed E-state index contributed by atoms with van der Waals surface area (Å²) in [6, 6.07) is 0. The van der Waals surface area contributed by atoms with Crippen LogP contribution in [0.15, 0.2) is 48.6 Å². The first kappa shape index (κ1) is 54.0. The molecule has 326 valence electrons. The summed E-state index contributed by atoms with van der Waals surface area (Å²) in [5, 5.41) is 0. The van der Waals surface area contributed by atoms with E-state index in [4.69, 9.17) is 18.5 Å². The average Bonchev–Trinajstić information content (AvgIpc) is 3.15. The van der Waals surface area contributed by atoms with Gasteiger partial charge in [0.1, 0.15) is 19.8 Å². The lowest BCUT2D eigenvalue weighted by molar-refractivity contribution is -0.870. The molecule has 0 amide bonds. The number of carbonyl (C=O) groups is 2. The Hall–Kier alpha value is -2.03. The van der Waals surface area contributed by atoms with E-state index in [9.17, 15) is 19.0 Å². The molecule has 0 bridgehead atoms. The molecule has 10 heteroatoms. The maximum atomic E-state index is 12.6. The Bertz CT molecular complexity index is 1100. The molecule has 0 heterocycles. The number of hydrogen-bond donors (Lipinski definition) is 0. The molecule has 0 aliphatic heterocycles. The summed E-state index contributed by atoms with van der Waals surface area (Å²) < 4.78 is 33.8. The van der Waals surface area contributed by atoms with Crippen molar-refractivity contribution in [3.8, 4) is 0 Å². The van der Waals surface area contributed by atoms with Crippen LogP contribution in [-0.4, -0.2) is 70.0 Å². The lowest BCUT2D eigenvalue weighted by Crippen LogP contribution is -2.37. The number of esters is 2. The van der Waals surface area contributed by atoms with Gasteiger partial charge in [-0.2, -0.15) is 0 Å². The van der Waals surface area contributed by atoms with Gasteiger partial charge in [-0.05, 0) is 51.4 Å². The Morgan fingerprint density at radius 2 is 1.02 bits per heavy atom. The molecule has 0 spiro atoms. The smallest absolute Gasteiger partial charge is 0.306 e. The van der Waals surface area contributed by atoms with Crippen LogP contribution < -0.4 is 4.89 Å². The second kappa shape index (κ2) is 38.5. The van der Waals surface area contributed by atoms with Crippen LogP contribution in [0.1, 0.15) is 181 Å². The highest BCUT2D eigenvalue weighted by Crippen LogP contribution is 2.38. The minimum atomic E-state index is -4.62. The maximum Gasteiger partial charge on any atom is 0.306 e. The minimum absolute atomic E-state index is 0.0314. The Morgan fingerprint density at radius 3 is 1.52 bits per heavy atom. The fourth-order valence-electron chi connectivity index (χ4n) is 5.88. The van der Waals surface area contributed by atoms with Crippen molar-refractivity contribution >= 4 is 19.8 Å². The zero-order chi connectivity index (χ0) is 41.4. The van der Waals surface area contributed by atoms with Crippen LogP contribution in [0.5, 0.6) is 0 Å². The van der Waals surface area contributed by atoms with Crippen molar-refractivity contribution in [2.24, 2.45) is 0 Å². The van der Waals surface area contributed by atoms with Crippen LogP contribution in [0, 0.1) is 0 Å². The first-order valence-corrected chi connectivity index (χ1v) is 23.8. The van der Waals surface area contributed by atoms with Crippen LogP contribution in [0.3, 0.4) is 0 Å². The normalized spacial score (nSPS) is 14.0. The highest BCUT2D eigenvalue weighted by molar-refractivity contribution is 7.45. The van der Waals surface area contributed by atoms with Gasteiger partial charge in [-0.15, -0.1) is 0 Å². The van der Waals surface area contributed by atoms with E-state index in [1.165, 1.54) is 83.5 Å². The molecule has 0 aromatic rings. The van der Waals surface area contributed by atoms with Gasteiger partial charge in [-0.3, -0.25) is 14.2 Å². The number of hydrogen-bond acceptors (Lipinski definition) is 8. The third-order valence-corrected chi connectivity index (χ3v) is 10.3. The van der Waals surface area contributed by atoms with E-state index in [-0.39, 0.29) is 26.1 Å². The number of carbonyl (C=O) groups excluding carboxylic acids is 2. The van der Waals surface area contributed by atoms with Gasteiger partial charge in [-0.1, -0.05) is 165 Å². The molecule has 0 aromatic heterocycles. The Kier molecular flexibility index (Phi) is 37.1. The van der Waals surface area contributed by atoms with Gasteiger partial charge in [0.25, 0.3) is 7.82 Å². The third-order valence-electron chi connectivity index (χ3n) is 9.36. The highest BCUT2D eigenvalue weighted by atomic mass is 31.2. The third kappa shape index (κ3) is 41.6. The van der Waals surface area contributed by atoms with Gasteiger partial charge < -0.3 is 27.9 Å². The number of allylic oxidation sites excluding steroid dienone is 8. The standard InChI is InChI=1S/C46H84NO8P/c1-6-8-10-12-14-15-16-17-18-19-20-21-22-23-24-25-26-27-28-29-30-31-33-35-37-39-46(49)55-44(43-54-56(50,51)53-41-40-47(3,4)5)42-52-45(48)38-36-34-32-13-11-9-7-2/h8,10,14-15,17-18,20-21,44H,6-7,9,11-13,16,19,22-43H2,1-5H3/b10-8-,15-14-,18-17-,21-20-. The Balaban J connectivity index is 4.13. The fraction of sp³-hybridized carbons (Fsp3) is 0.783. The number of rotatable bonds is 40. The van der Waals surface area contributed by atoms with Crippen molar-refractivity contribution in [3.63, 3.8) is 0 Å². The second-order valence-corrected chi connectivity index (χ2v) is 17.4. The summed E-state index contributed by atoms with van der Waals surface area (Å²) in [5.74, 6) is -0.843. The summed E-state index contributed by atoms with van der Waals surface area (Å²) >= 11 is 0. The first-order chi connectivity index (χ1) is 27.0. The number of ether oxygens (including phenoxy) is 2. The fourth-order valence-corrected chi connectivity index (χ4v) is 6.61. The largest absolute Gasteiger partial charge is 0.756 e. The topological polar surface area (TPSA) is 111 Å². The molecule has 56 heavy (non-hydrogen) atoms. The van der Waals surface area contributed by atoms with E-state index in [1.807, 2.05) is 21.1 Å². The SMILES string of the molecule is CC/C=C\C/C=C\C/C=C\C/C=C\CCCCCCCCCCCCCCC(=O)OC(COC(=O)CCCCCCCCC)COP(=O)([O-])OCC[N+](C)(C)C. The molecule has 0 N–H and O–H groups in total. The molecular weight excluding hydrogens is 725 g/mol. The van der Waals surface area contributed by atoms with Crippen molar-refractivity contribution < 1.29 is 42.1 Å². The molecule has 0 fully saturated rings. The Morgan fingerprint density at radius 1 is 0.571 bits per heavy atom. The van der Waals surface area contributed by atoms with E-state index < -0.39 is 32.5 Å². The molecule has 0 saturated heterocycles. The van der Waals surface area contributed by atoms with Gasteiger partial charge >= 0.3 is 11.9 Å². The number of nitrogens with zero attached hydrogens (tertiary/aromatic N) is 1. The van der Waals surface area contributed by atoms with Crippen molar-refractivity contribution in [1.82, 2.24) is 0 Å². The van der Waals surface area contributed by atoms with Crippen molar-refractivity contribution in [2.75, 3.05) is 47.5 Å². The van der Waals surface area contributed by atoms with Crippen LogP contribution in [0.4, 0.5) is 0 Å². The number of phosphoric ester groups is 1. The van der Waals surface area contributed by atoms with Gasteiger partial charge in [0, 0.05) is 12.8 Å². The van der Waals surface area contributed by atoms with Crippen molar-refractivity contribution in [3.05, 3.63) is 48.6 Å². The van der Waals surface area contributed by atoms with Gasteiger partial charge in [0.2, 0.25) is 0 Å².